The summed E-state index contributed by atoms with van der Waals surface area (Å²) in [6, 6.07) is 11.6. The van der Waals surface area contributed by atoms with Crippen LogP contribution in [0.3, 0.4) is 0 Å². The molecular weight excluding hydrogens is 574 g/mol. The fraction of sp³-hybridized carbons (Fsp3) is 0.190. The monoisotopic (exact) mass is 586 g/mol. The van der Waals surface area contributed by atoms with Crippen molar-refractivity contribution in [3.8, 4) is 11.1 Å². The van der Waals surface area contributed by atoms with Gasteiger partial charge in [-0.05, 0) is 0 Å². The molecule has 0 amide bonds. The Morgan fingerprint density at radius 1 is 0.885 bits per heavy atom. The van der Waals surface area contributed by atoms with Crippen LogP contribution in [0.4, 0.5) is 0 Å². The van der Waals surface area contributed by atoms with E-state index in [-0.39, 0.29) is 24.8 Å². The number of rotatable bonds is 2. The minimum atomic E-state index is -1.84. The van der Waals surface area contributed by atoms with E-state index in [1.807, 2.05) is 3.21 Å². The maximum Gasteiger partial charge on any atom is -1.00 e. The van der Waals surface area contributed by atoms with E-state index >= 15 is 0 Å². The normalized spacial score (nSPS) is 15.3. The van der Waals surface area contributed by atoms with Crippen LogP contribution in [-0.2, 0) is 27.7 Å². The Labute approximate surface area is 191 Å². The Morgan fingerprint density at radius 3 is 2.35 bits per heavy atom. The van der Waals surface area contributed by atoms with E-state index in [1.54, 1.807) is 12.1 Å². The van der Waals surface area contributed by atoms with Gasteiger partial charge in [0.05, 0.1) is 0 Å². The molecule has 0 aliphatic heterocycles. The van der Waals surface area contributed by atoms with Crippen LogP contribution in [0.25, 0.3) is 11.1 Å². The van der Waals surface area contributed by atoms with Gasteiger partial charge in [-0.25, -0.2) is 0 Å². The van der Waals surface area contributed by atoms with Crippen molar-refractivity contribution in [2.75, 3.05) is 0 Å². The molecule has 0 radical (unpaired) electrons. The molecule has 0 heterocycles. The van der Waals surface area contributed by atoms with Gasteiger partial charge in [-0.2, -0.15) is 0 Å². The topological polar surface area (TPSA) is 0 Å². The standard InChI is InChI=1S/C13H7Br2.C5H5.C3H4.2ClH.Zr/c14-10-3-1-8-5-9-2-4-11(15)7-13(9)12(8)6-10;1-2-4-5-3-1;1-2-3-1;;;/h1,3-4,6-7H,5H2;1-3H,4H2;1-2H2;2*1H;/q;;;;;+2/p-2. The quantitative estimate of drug-likeness (QED) is 0.390. The van der Waals surface area contributed by atoms with Crippen molar-refractivity contribution < 1.29 is 46.1 Å². The Kier molecular flexibility index (Phi) is 6.68. The summed E-state index contributed by atoms with van der Waals surface area (Å²) in [4.78, 5) is 0. The number of halogens is 4. The Balaban J connectivity index is 0.000000980. The van der Waals surface area contributed by atoms with Gasteiger partial charge in [-0.15, -0.1) is 0 Å². The molecule has 132 valence electrons. The Morgan fingerprint density at radius 2 is 1.65 bits per heavy atom. The van der Waals surface area contributed by atoms with Crippen molar-refractivity contribution >= 4 is 38.3 Å². The molecule has 5 rings (SSSR count). The Hall–Kier alpha value is 0.213. The van der Waals surface area contributed by atoms with Crippen molar-refractivity contribution in [3.05, 3.63) is 71.9 Å². The van der Waals surface area contributed by atoms with Crippen LogP contribution in [-0.4, -0.2) is 3.21 Å². The van der Waals surface area contributed by atoms with Crippen molar-refractivity contribution in [1.82, 2.24) is 0 Å². The van der Waals surface area contributed by atoms with Gasteiger partial charge in [0.25, 0.3) is 0 Å². The molecule has 0 nitrogen and oxygen atoms in total. The summed E-state index contributed by atoms with van der Waals surface area (Å²) in [6.45, 7) is 0. The first-order valence-corrected chi connectivity index (χ1v) is 13.7. The predicted octanol–water partition coefficient (Wildman–Crippen LogP) is -0.156. The smallest absolute Gasteiger partial charge is 1.00 e. The molecule has 0 aromatic heterocycles. The number of fused-ring (bicyclic) bond motifs is 3. The van der Waals surface area contributed by atoms with Crippen LogP contribution in [0.2, 0.25) is 0 Å². The largest absolute Gasteiger partial charge is 1.00 e. The first-order valence-electron chi connectivity index (χ1n) is 8.40. The number of allylic oxidation sites excluding steroid dienone is 4. The van der Waals surface area contributed by atoms with E-state index < -0.39 is 21.3 Å². The summed E-state index contributed by atoms with van der Waals surface area (Å²) in [6.07, 6.45) is 12.1. The maximum atomic E-state index is 3.81. The van der Waals surface area contributed by atoms with Crippen LogP contribution < -0.4 is 28.1 Å². The van der Waals surface area contributed by atoms with E-state index in [2.05, 4.69) is 80.4 Å². The first-order chi connectivity index (χ1) is 11.7. The minimum Gasteiger partial charge on any atom is -1.00 e. The van der Waals surface area contributed by atoms with Gasteiger partial charge in [0.15, 0.2) is 0 Å². The zero-order chi connectivity index (χ0) is 16.3. The molecule has 1 fully saturated rings. The van der Waals surface area contributed by atoms with Crippen LogP contribution in [0.5, 0.6) is 0 Å². The third-order valence-corrected chi connectivity index (χ3v) is 14.0. The van der Waals surface area contributed by atoms with E-state index in [9.17, 15) is 0 Å². The van der Waals surface area contributed by atoms with Gasteiger partial charge < -0.3 is 24.8 Å². The van der Waals surface area contributed by atoms with Gasteiger partial charge in [-0.1, -0.05) is 0 Å². The van der Waals surface area contributed by atoms with Crippen LogP contribution in [0.1, 0.15) is 30.4 Å². The minimum absolute atomic E-state index is 0. The zero-order valence-corrected chi connectivity index (χ0v) is 21.1. The average Bonchev–Trinajstić information content (AvgIpc) is 3.11. The molecule has 2 aromatic carbocycles. The Bertz CT molecular complexity index is 984. The fourth-order valence-corrected chi connectivity index (χ4v) is 13.2. The number of benzene rings is 2. The summed E-state index contributed by atoms with van der Waals surface area (Å²) in [5, 5.41) is 0. The summed E-state index contributed by atoms with van der Waals surface area (Å²) < 4.78 is 7.81. The molecule has 26 heavy (non-hydrogen) atoms. The molecule has 0 bridgehead atoms. The summed E-state index contributed by atoms with van der Waals surface area (Å²) in [7, 11) is 0. The molecule has 0 unspecified atom stereocenters. The van der Waals surface area contributed by atoms with Crippen LogP contribution in [0.15, 0.2) is 60.8 Å². The number of hydrogen-bond acceptors (Lipinski definition) is 0. The molecule has 5 heteroatoms. The van der Waals surface area contributed by atoms with Crippen molar-refractivity contribution in [1.29, 1.82) is 0 Å². The fourth-order valence-electron chi connectivity index (χ4n) is 3.97. The molecule has 0 N–H and O–H groups in total. The second-order valence-corrected chi connectivity index (χ2v) is 15.1. The molecule has 1 saturated carbocycles. The zero-order valence-electron chi connectivity index (χ0n) is 14.0. The molecule has 0 spiro atoms. The van der Waals surface area contributed by atoms with E-state index in [4.69, 9.17) is 0 Å². The van der Waals surface area contributed by atoms with E-state index in [0.29, 0.717) is 0 Å². The van der Waals surface area contributed by atoms with Crippen molar-refractivity contribution in [2.45, 2.75) is 25.7 Å². The molecule has 2 aromatic rings. The molecule has 3 aliphatic carbocycles. The molecule has 0 saturated heterocycles. The summed E-state index contributed by atoms with van der Waals surface area (Å²) in [5.74, 6) is 0. The third kappa shape index (κ3) is 3.72. The second kappa shape index (κ2) is 8.30. The molecule has 3 aliphatic rings. The van der Waals surface area contributed by atoms with Crippen molar-refractivity contribution in [2.24, 2.45) is 0 Å². The predicted molar refractivity (Wildman–Crippen MR) is 106 cm³/mol. The first kappa shape index (κ1) is 20.9. The summed E-state index contributed by atoms with van der Waals surface area (Å²) >= 11 is 5.61. The summed E-state index contributed by atoms with van der Waals surface area (Å²) in [5.41, 5.74) is 5.98. The third-order valence-electron chi connectivity index (χ3n) is 5.16. The van der Waals surface area contributed by atoms with Crippen LogP contribution in [0, 0.1) is 0 Å². The number of hydrogen-bond donors (Lipinski definition) is 0. The van der Waals surface area contributed by atoms with Gasteiger partial charge in [0.1, 0.15) is 0 Å². The van der Waals surface area contributed by atoms with Crippen LogP contribution >= 0.6 is 31.9 Å². The van der Waals surface area contributed by atoms with Crippen molar-refractivity contribution in [3.63, 3.8) is 0 Å². The molecule has 0 atom stereocenters. The van der Waals surface area contributed by atoms with Gasteiger partial charge in [0, 0.05) is 0 Å². The maximum absolute atomic E-state index is 3.81. The average molecular weight is 590 g/mol. The van der Waals surface area contributed by atoms with Gasteiger partial charge in [-0.3, -0.25) is 0 Å². The second-order valence-electron chi connectivity index (χ2n) is 6.76. The van der Waals surface area contributed by atoms with E-state index in [0.717, 1.165) is 6.42 Å². The van der Waals surface area contributed by atoms with Gasteiger partial charge in [0.2, 0.25) is 0 Å². The van der Waals surface area contributed by atoms with Gasteiger partial charge >= 0.3 is 168 Å². The molecular formula is C21H16Br2Cl2Zr. The van der Waals surface area contributed by atoms with E-state index in [1.165, 1.54) is 44.9 Å². The SMILES string of the molecule is Brc1ccc2c(c1)-c1cc(Br)c[c]([Zr+2]([C]3=CC=CC3)=[C]3CC3)c1C2.[Cl-].[Cl-].